The highest BCUT2D eigenvalue weighted by Gasteiger charge is 2.21. The Morgan fingerprint density at radius 2 is 1.10 bits per heavy atom. The number of hydrogen-bond acceptors (Lipinski definition) is 6. The van der Waals surface area contributed by atoms with Crippen molar-refractivity contribution < 1.29 is 27.8 Å². The van der Waals surface area contributed by atoms with Gasteiger partial charge in [-0.3, -0.25) is 0 Å². The van der Waals surface area contributed by atoms with Crippen LogP contribution >= 0.6 is 0 Å². The third kappa shape index (κ3) is 4.72. The Kier molecular flexibility index (Phi) is 6.26. The maximum atomic E-state index is 13.5. The predicted octanol–water partition coefficient (Wildman–Crippen LogP) is 5.03. The van der Waals surface area contributed by atoms with Gasteiger partial charge in [-0.15, -0.1) is 0 Å². The van der Waals surface area contributed by atoms with Gasteiger partial charge in [-0.1, -0.05) is 12.1 Å². The number of rotatable bonds is 6. The van der Waals surface area contributed by atoms with E-state index >= 15 is 0 Å². The molecule has 3 aromatic carbocycles. The summed E-state index contributed by atoms with van der Waals surface area (Å²) in [7, 11) is 2.42. The molecule has 8 heteroatoms. The Hall–Kier alpha value is -3.94. The Labute approximate surface area is 171 Å². The van der Waals surface area contributed by atoms with Crippen molar-refractivity contribution in [1.82, 2.24) is 0 Å². The van der Waals surface area contributed by atoms with Gasteiger partial charge in [0.25, 0.3) is 0 Å². The molecule has 0 atom stereocenters. The molecule has 3 rings (SSSR count). The summed E-state index contributed by atoms with van der Waals surface area (Å²) >= 11 is 0. The van der Waals surface area contributed by atoms with Crippen LogP contribution in [0.4, 0.5) is 31.5 Å². The largest absolute Gasteiger partial charge is 0.465 e. The number of halogens is 2. The van der Waals surface area contributed by atoms with E-state index in [0.29, 0.717) is 11.4 Å². The molecule has 0 heterocycles. The first-order chi connectivity index (χ1) is 14.4. The summed E-state index contributed by atoms with van der Waals surface area (Å²) in [5, 5.41) is 5.82. The first-order valence-electron chi connectivity index (χ1n) is 8.81. The van der Waals surface area contributed by atoms with Crippen LogP contribution in [0, 0.1) is 11.6 Å². The van der Waals surface area contributed by atoms with Gasteiger partial charge in [0, 0.05) is 11.4 Å². The summed E-state index contributed by atoms with van der Waals surface area (Å²) in [4.78, 5) is 24.7. The second kappa shape index (κ2) is 9.04. The summed E-state index contributed by atoms with van der Waals surface area (Å²) in [6.45, 7) is 0. The van der Waals surface area contributed by atoms with Crippen LogP contribution in [0.3, 0.4) is 0 Å². The van der Waals surface area contributed by atoms with Gasteiger partial charge in [0.1, 0.15) is 11.6 Å². The quantitative estimate of drug-likeness (QED) is 0.554. The number of benzene rings is 3. The molecule has 0 aliphatic rings. The lowest BCUT2D eigenvalue weighted by Gasteiger charge is -2.17. The Balaban J connectivity index is 2.12. The Morgan fingerprint density at radius 3 is 1.43 bits per heavy atom. The van der Waals surface area contributed by atoms with Gasteiger partial charge in [0.05, 0.1) is 36.7 Å². The molecule has 0 unspecified atom stereocenters. The summed E-state index contributed by atoms with van der Waals surface area (Å²) < 4.78 is 36.8. The smallest absolute Gasteiger partial charge is 0.340 e. The minimum Gasteiger partial charge on any atom is -0.465 e. The molecule has 0 amide bonds. The fourth-order valence-electron chi connectivity index (χ4n) is 2.81. The Morgan fingerprint density at radius 1 is 0.700 bits per heavy atom. The summed E-state index contributed by atoms with van der Waals surface area (Å²) in [5.41, 5.74) is 1.29. The lowest BCUT2D eigenvalue weighted by atomic mass is 10.0. The molecule has 0 fully saturated rings. The van der Waals surface area contributed by atoms with E-state index in [-0.39, 0.29) is 22.5 Å². The number of anilines is 4. The number of hydrogen-bond donors (Lipinski definition) is 2. The lowest BCUT2D eigenvalue weighted by Crippen LogP contribution is -2.12. The van der Waals surface area contributed by atoms with Crippen LogP contribution < -0.4 is 10.6 Å². The van der Waals surface area contributed by atoms with E-state index in [9.17, 15) is 18.4 Å². The maximum absolute atomic E-state index is 13.5. The second-order valence-corrected chi connectivity index (χ2v) is 6.20. The number of esters is 2. The van der Waals surface area contributed by atoms with Crippen LogP contribution in [0.15, 0.2) is 60.7 Å². The standard InChI is InChI=1S/C22H18F2N2O4/c1-29-21(27)17-11-20(26-16-8-4-6-14(24)10-16)18(22(28)30-2)12-19(17)25-15-7-3-5-13(23)9-15/h3-12,25-26H,1-2H3. The van der Waals surface area contributed by atoms with Crippen LogP contribution in [-0.2, 0) is 9.47 Å². The minimum atomic E-state index is -0.687. The summed E-state index contributed by atoms with van der Waals surface area (Å²) in [5.74, 6) is -2.32. The predicted molar refractivity (Wildman–Crippen MR) is 108 cm³/mol. The minimum absolute atomic E-state index is 0.0771. The van der Waals surface area contributed by atoms with Crippen molar-refractivity contribution in [3.05, 3.63) is 83.4 Å². The molecule has 0 saturated heterocycles. The van der Waals surface area contributed by atoms with Crippen molar-refractivity contribution in [3.8, 4) is 0 Å². The summed E-state index contributed by atoms with van der Waals surface area (Å²) in [6, 6.07) is 14.0. The van der Waals surface area contributed by atoms with Gasteiger partial charge in [-0.05, 0) is 48.5 Å². The fraction of sp³-hybridized carbons (Fsp3) is 0.0909. The van der Waals surface area contributed by atoms with Crippen molar-refractivity contribution in [1.29, 1.82) is 0 Å². The van der Waals surface area contributed by atoms with Gasteiger partial charge >= 0.3 is 11.9 Å². The zero-order valence-electron chi connectivity index (χ0n) is 16.2. The third-order valence-corrected chi connectivity index (χ3v) is 4.18. The Bertz CT molecular complexity index is 1010. The number of carbonyl (C=O) groups is 2. The van der Waals surface area contributed by atoms with Crippen molar-refractivity contribution >= 4 is 34.7 Å². The topological polar surface area (TPSA) is 76.7 Å². The van der Waals surface area contributed by atoms with Crippen LogP contribution in [0.1, 0.15) is 20.7 Å². The lowest BCUT2D eigenvalue weighted by molar-refractivity contribution is 0.0588. The highest BCUT2D eigenvalue weighted by Crippen LogP contribution is 2.31. The molecule has 2 N–H and O–H groups in total. The van der Waals surface area contributed by atoms with Gasteiger partial charge in [-0.2, -0.15) is 0 Å². The van der Waals surface area contributed by atoms with E-state index in [1.165, 1.54) is 62.8 Å². The first kappa shape index (κ1) is 20.8. The van der Waals surface area contributed by atoms with E-state index in [2.05, 4.69) is 10.6 Å². The molecule has 3 aromatic rings. The van der Waals surface area contributed by atoms with E-state index in [4.69, 9.17) is 9.47 Å². The maximum Gasteiger partial charge on any atom is 0.340 e. The molecule has 0 aliphatic heterocycles. The highest BCUT2D eigenvalue weighted by atomic mass is 19.1. The third-order valence-electron chi connectivity index (χ3n) is 4.18. The molecule has 0 bridgehead atoms. The van der Waals surface area contributed by atoms with Crippen molar-refractivity contribution in [2.75, 3.05) is 24.9 Å². The van der Waals surface area contributed by atoms with E-state index < -0.39 is 23.6 Å². The highest BCUT2D eigenvalue weighted by molar-refractivity contribution is 6.04. The van der Waals surface area contributed by atoms with Crippen molar-refractivity contribution in [2.24, 2.45) is 0 Å². The average Bonchev–Trinajstić information content (AvgIpc) is 2.73. The van der Waals surface area contributed by atoms with Crippen LogP contribution in [0.25, 0.3) is 0 Å². The number of ether oxygens (including phenoxy) is 2. The molecule has 0 aromatic heterocycles. The summed E-state index contributed by atoms with van der Waals surface area (Å²) in [6.07, 6.45) is 0. The van der Waals surface area contributed by atoms with Gasteiger partial charge in [0.2, 0.25) is 0 Å². The molecule has 0 aliphatic carbocycles. The zero-order valence-corrected chi connectivity index (χ0v) is 16.2. The van der Waals surface area contributed by atoms with Crippen molar-refractivity contribution in [3.63, 3.8) is 0 Å². The van der Waals surface area contributed by atoms with E-state index in [1.807, 2.05) is 0 Å². The normalized spacial score (nSPS) is 10.3. The number of methoxy groups -OCH3 is 2. The second-order valence-electron chi connectivity index (χ2n) is 6.20. The van der Waals surface area contributed by atoms with Gasteiger partial charge in [0.15, 0.2) is 0 Å². The SMILES string of the molecule is COC(=O)c1cc(Nc2cccc(F)c2)c(C(=O)OC)cc1Nc1cccc(F)c1. The molecule has 154 valence electrons. The monoisotopic (exact) mass is 412 g/mol. The molecule has 0 saturated carbocycles. The van der Waals surface area contributed by atoms with Gasteiger partial charge in [-0.25, -0.2) is 18.4 Å². The number of carbonyl (C=O) groups excluding carboxylic acids is 2. The van der Waals surface area contributed by atoms with E-state index in [1.54, 1.807) is 12.1 Å². The van der Waals surface area contributed by atoms with E-state index in [0.717, 1.165) is 0 Å². The van der Waals surface area contributed by atoms with Gasteiger partial charge < -0.3 is 20.1 Å². The molecule has 0 spiro atoms. The molecular weight excluding hydrogens is 394 g/mol. The molecule has 30 heavy (non-hydrogen) atoms. The number of nitrogens with one attached hydrogen (secondary N) is 2. The zero-order chi connectivity index (χ0) is 21.7. The molecular formula is C22H18F2N2O4. The first-order valence-corrected chi connectivity index (χ1v) is 8.81. The average molecular weight is 412 g/mol. The molecule has 0 radical (unpaired) electrons. The molecule has 6 nitrogen and oxygen atoms in total. The van der Waals surface area contributed by atoms with Crippen LogP contribution in [0.5, 0.6) is 0 Å². The fourth-order valence-corrected chi connectivity index (χ4v) is 2.81. The van der Waals surface area contributed by atoms with Crippen LogP contribution in [0.2, 0.25) is 0 Å². The van der Waals surface area contributed by atoms with Crippen molar-refractivity contribution in [2.45, 2.75) is 0 Å². The van der Waals surface area contributed by atoms with Crippen LogP contribution in [-0.4, -0.2) is 26.2 Å².